The molecule has 0 saturated heterocycles. The minimum atomic E-state index is -0.258. The van der Waals surface area contributed by atoms with Crippen molar-refractivity contribution in [3.63, 3.8) is 0 Å². The van der Waals surface area contributed by atoms with Gasteiger partial charge in [-0.2, -0.15) is 0 Å². The van der Waals surface area contributed by atoms with Gasteiger partial charge in [0.25, 0.3) is 5.91 Å². The summed E-state index contributed by atoms with van der Waals surface area (Å²) in [5.41, 5.74) is 2.21. The zero-order valence-corrected chi connectivity index (χ0v) is 19.1. The van der Waals surface area contributed by atoms with E-state index in [9.17, 15) is 9.90 Å². The maximum absolute atomic E-state index is 12.7. The van der Waals surface area contributed by atoms with Gasteiger partial charge in [0.2, 0.25) is 0 Å². The number of halogens is 2. The number of nitrogens with zero attached hydrogens (tertiary/aromatic N) is 1. The van der Waals surface area contributed by atoms with Crippen LogP contribution in [0.2, 0.25) is 10.0 Å². The van der Waals surface area contributed by atoms with E-state index >= 15 is 0 Å². The number of aromatic hydroxyl groups is 1. The van der Waals surface area contributed by atoms with Gasteiger partial charge in [-0.15, -0.1) is 0 Å². The summed E-state index contributed by atoms with van der Waals surface area (Å²) in [5, 5.41) is 13.5. The standard InChI is InChI=1S/C24H22Cl2N2O4/c1-31-21-8-7-15(11-22(21)32-2)9-10-27-24(30)18-5-3-4-6-20(18)28-14-16-12-17(25)13-19(26)23(16)29/h3-8,11-14,29H,9-10H2,1-2H3,(H,27,30). The van der Waals surface area contributed by atoms with Crippen LogP contribution >= 0.6 is 23.2 Å². The average Bonchev–Trinajstić information content (AvgIpc) is 2.80. The first kappa shape index (κ1) is 23.4. The molecule has 0 aliphatic carbocycles. The number of amides is 1. The summed E-state index contributed by atoms with van der Waals surface area (Å²) in [5.74, 6) is 0.905. The maximum Gasteiger partial charge on any atom is 0.253 e. The Kier molecular flexibility index (Phi) is 7.98. The lowest BCUT2D eigenvalue weighted by molar-refractivity contribution is 0.0955. The van der Waals surface area contributed by atoms with Crippen LogP contribution in [0.25, 0.3) is 0 Å². The number of ether oxygens (including phenoxy) is 2. The molecule has 0 bridgehead atoms. The van der Waals surface area contributed by atoms with Gasteiger partial charge in [0.1, 0.15) is 5.75 Å². The number of nitrogens with one attached hydrogen (secondary N) is 1. The fraction of sp³-hybridized carbons (Fsp3) is 0.167. The van der Waals surface area contributed by atoms with E-state index < -0.39 is 0 Å². The molecule has 0 unspecified atom stereocenters. The van der Waals surface area contributed by atoms with Gasteiger partial charge in [0.15, 0.2) is 11.5 Å². The van der Waals surface area contributed by atoms with Crippen molar-refractivity contribution in [1.82, 2.24) is 5.32 Å². The summed E-state index contributed by atoms with van der Waals surface area (Å²) in [6, 6.07) is 15.5. The predicted octanol–water partition coefficient (Wildman–Crippen LogP) is 5.44. The van der Waals surface area contributed by atoms with Crippen molar-refractivity contribution in [1.29, 1.82) is 0 Å². The highest BCUT2D eigenvalue weighted by Gasteiger charge is 2.11. The van der Waals surface area contributed by atoms with E-state index in [1.807, 2.05) is 18.2 Å². The molecule has 0 atom stereocenters. The number of benzene rings is 3. The van der Waals surface area contributed by atoms with Gasteiger partial charge >= 0.3 is 0 Å². The lowest BCUT2D eigenvalue weighted by atomic mass is 10.1. The third-order valence-electron chi connectivity index (χ3n) is 4.70. The molecule has 1 amide bonds. The molecule has 0 aliphatic rings. The quantitative estimate of drug-likeness (QED) is 0.427. The van der Waals surface area contributed by atoms with E-state index in [2.05, 4.69) is 10.3 Å². The number of aliphatic imine (C=N–C) groups is 1. The molecule has 0 heterocycles. The molecule has 32 heavy (non-hydrogen) atoms. The number of carbonyl (C=O) groups is 1. The van der Waals surface area contributed by atoms with Crippen molar-refractivity contribution in [3.8, 4) is 17.2 Å². The second kappa shape index (κ2) is 10.9. The fourth-order valence-corrected chi connectivity index (χ4v) is 3.56. The predicted molar refractivity (Wildman–Crippen MR) is 127 cm³/mol. The monoisotopic (exact) mass is 472 g/mol. The zero-order valence-electron chi connectivity index (χ0n) is 17.6. The Labute approximate surface area is 196 Å². The lowest BCUT2D eigenvalue weighted by Gasteiger charge is -2.11. The molecule has 6 nitrogen and oxygen atoms in total. The Morgan fingerprint density at radius 3 is 2.56 bits per heavy atom. The van der Waals surface area contributed by atoms with Crippen LogP contribution in [-0.2, 0) is 6.42 Å². The van der Waals surface area contributed by atoms with E-state index in [1.165, 1.54) is 18.3 Å². The molecular weight excluding hydrogens is 451 g/mol. The molecule has 8 heteroatoms. The molecule has 0 fully saturated rings. The van der Waals surface area contributed by atoms with Gasteiger partial charge in [-0.1, -0.05) is 41.4 Å². The van der Waals surface area contributed by atoms with Crippen LogP contribution in [0.1, 0.15) is 21.5 Å². The summed E-state index contributed by atoms with van der Waals surface area (Å²) in [7, 11) is 3.16. The van der Waals surface area contributed by atoms with E-state index in [1.54, 1.807) is 38.5 Å². The van der Waals surface area contributed by atoms with Crippen molar-refractivity contribution in [2.75, 3.05) is 20.8 Å². The molecule has 0 aliphatic heterocycles. The summed E-state index contributed by atoms with van der Waals surface area (Å²) in [6.45, 7) is 0.428. The fourth-order valence-electron chi connectivity index (χ4n) is 3.05. The van der Waals surface area contributed by atoms with Crippen molar-refractivity contribution in [2.24, 2.45) is 4.99 Å². The minimum absolute atomic E-state index is 0.125. The normalized spacial score (nSPS) is 10.9. The summed E-state index contributed by atoms with van der Waals surface area (Å²) >= 11 is 11.9. The van der Waals surface area contributed by atoms with Gasteiger partial charge in [-0.05, 0) is 48.4 Å². The van der Waals surface area contributed by atoms with Crippen LogP contribution in [0.4, 0.5) is 5.69 Å². The molecule has 0 aromatic heterocycles. The van der Waals surface area contributed by atoms with Crippen LogP contribution < -0.4 is 14.8 Å². The van der Waals surface area contributed by atoms with Gasteiger partial charge < -0.3 is 19.9 Å². The van der Waals surface area contributed by atoms with Crippen molar-refractivity contribution >= 4 is 41.0 Å². The third kappa shape index (κ3) is 5.72. The van der Waals surface area contributed by atoms with E-state index in [0.29, 0.717) is 46.3 Å². The number of phenols is 1. The molecule has 0 spiro atoms. The molecule has 3 aromatic carbocycles. The Morgan fingerprint density at radius 1 is 1.06 bits per heavy atom. The van der Waals surface area contributed by atoms with Gasteiger partial charge in [0.05, 0.1) is 30.5 Å². The molecule has 0 radical (unpaired) electrons. The number of hydrogen-bond donors (Lipinski definition) is 2. The number of phenolic OH excluding ortho intramolecular Hbond substituents is 1. The minimum Gasteiger partial charge on any atom is -0.506 e. The lowest BCUT2D eigenvalue weighted by Crippen LogP contribution is -2.25. The van der Waals surface area contributed by atoms with Gasteiger partial charge in [0, 0.05) is 23.3 Å². The average molecular weight is 473 g/mol. The second-order valence-corrected chi connectivity index (χ2v) is 7.64. The van der Waals surface area contributed by atoms with Gasteiger partial charge in [-0.3, -0.25) is 9.79 Å². The molecular formula is C24H22Cl2N2O4. The molecule has 0 saturated carbocycles. The Bertz CT molecular complexity index is 1150. The number of hydrogen-bond acceptors (Lipinski definition) is 5. The van der Waals surface area contributed by atoms with E-state index in [0.717, 1.165) is 5.56 Å². The first-order valence-corrected chi connectivity index (χ1v) is 10.5. The van der Waals surface area contributed by atoms with Crippen molar-refractivity contribution < 1.29 is 19.4 Å². The van der Waals surface area contributed by atoms with Crippen LogP contribution in [0.5, 0.6) is 17.2 Å². The number of rotatable bonds is 8. The highest BCUT2D eigenvalue weighted by Crippen LogP contribution is 2.31. The molecule has 3 rings (SSSR count). The van der Waals surface area contributed by atoms with Crippen LogP contribution in [0, 0.1) is 0 Å². The maximum atomic E-state index is 12.7. The Morgan fingerprint density at radius 2 is 1.81 bits per heavy atom. The van der Waals surface area contributed by atoms with Gasteiger partial charge in [-0.25, -0.2) is 0 Å². The second-order valence-electron chi connectivity index (χ2n) is 6.80. The Balaban J connectivity index is 1.70. The van der Waals surface area contributed by atoms with E-state index in [-0.39, 0.29) is 16.7 Å². The van der Waals surface area contributed by atoms with Crippen molar-refractivity contribution in [2.45, 2.75) is 6.42 Å². The summed E-state index contributed by atoms with van der Waals surface area (Å²) in [6.07, 6.45) is 2.04. The number of para-hydroxylation sites is 1. The third-order valence-corrected chi connectivity index (χ3v) is 5.20. The summed E-state index contributed by atoms with van der Waals surface area (Å²) in [4.78, 5) is 17.1. The van der Waals surface area contributed by atoms with Crippen LogP contribution in [-0.4, -0.2) is 38.0 Å². The molecule has 2 N–H and O–H groups in total. The smallest absolute Gasteiger partial charge is 0.253 e. The first-order chi connectivity index (χ1) is 15.4. The summed E-state index contributed by atoms with van der Waals surface area (Å²) < 4.78 is 10.6. The van der Waals surface area contributed by atoms with E-state index in [4.69, 9.17) is 32.7 Å². The number of methoxy groups -OCH3 is 2. The van der Waals surface area contributed by atoms with Crippen LogP contribution in [0.15, 0.2) is 59.6 Å². The zero-order chi connectivity index (χ0) is 23.1. The van der Waals surface area contributed by atoms with Crippen molar-refractivity contribution in [3.05, 3.63) is 81.3 Å². The molecule has 166 valence electrons. The topological polar surface area (TPSA) is 80.2 Å². The SMILES string of the molecule is COc1ccc(CCNC(=O)c2ccccc2N=Cc2cc(Cl)cc(Cl)c2O)cc1OC. The van der Waals surface area contributed by atoms with Crippen LogP contribution in [0.3, 0.4) is 0 Å². The highest BCUT2D eigenvalue weighted by molar-refractivity contribution is 6.36. The Hall–Kier alpha value is -3.22. The number of carbonyl (C=O) groups excluding carboxylic acids is 1. The highest BCUT2D eigenvalue weighted by atomic mass is 35.5. The largest absolute Gasteiger partial charge is 0.506 e. The molecule has 3 aromatic rings. The first-order valence-electron chi connectivity index (χ1n) is 9.73.